The standard InChI is InChI=1S/C19H26F3N3O6/c1-17(2,3)31-16(27)25(15-23-7-6-12(24-15)19(20,21)22)10-9-28-11(8-26)14-13(10)29-18(4,5)30-14/h6-7,10-11,13-14,26H,8-9H2,1-5H3/t10-,11+,13+,14-/m0/s1. The molecule has 4 atom stereocenters. The molecule has 2 saturated heterocycles. The van der Waals surface area contributed by atoms with Crippen molar-refractivity contribution in [2.75, 3.05) is 18.1 Å². The summed E-state index contributed by atoms with van der Waals surface area (Å²) in [6.45, 7) is 7.64. The Morgan fingerprint density at radius 1 is 1.29 bits per heavy atom. The number of aliphatic hydroxyl groups excluding tert-OH is 1. The van der Waals surface area contributed by atoms with Gasteiger partial charge < -0.3 is 24.1 Å². The highest BCUT2D eigenvalue weighted by atomic mass is 19.4. The summed E-state index contributed by atoms with van der Waals surface area (Å²) in [6, 6.07) is -0.260. The van der Waals surface area contributed by atoms with Crippen molar-refractivity contribution in [3.63, 3.8) is 0 Å². The molecule has 2 aliphatic heterocycles. The predicted octanol–water partition coefficient (Wildman–Crippen LogP) is 2.52. The molecule has 1 aromatic rings. The van der Waals surface area contributed by atoms with Crippen LogP contribution >= 0.6 is 0 Å². The van der Waals surface area contributed by atoms with Crippen molar-refractivity contribution in [3.8, 4) is 0 Å². The van der Waals surface area contributed by atoms with E-state index in [1.807, 2.05) is 0 Å². The van der Waals surface area contributed by atoms with E-state index < -0.39 is 59.7 Å². The van der Waals surface area contributed by atoms with Crippen molar-refractivity contribution in [1.29, 1.82) is 0 Å². The van der Waals surface area contributed by atoms with E-state index in [0.717, 1.165) is 11.1 Å². The summed E-state index contributed by atoms with van der Waals surface area (Å²) < 4.78 is 62.5. The van der Waals surface area contributed by atoms with E-state index in [9.17, 15) is 23.1 Å². The number of alkyl halides is 3. The lowest BCUT2D eigenvalue weighted by Gasteiger charge is -2.41. The molecular formula is C19H26F3N3O6. The predicted molar refractivity (Wildman–Crippen MR) is 100 cm³/mol. The minimum absolute atomic E-state index is 0.162. The molecule has 0 saturated carbocycles. The monoisotopic (exact) mass is 449 g/mol. The third kappa shape index (κ3) is 5.25. The smallest absolute Gasteiger partial charge is 0.433 e. The van der Waals surface area contributed by atoms with Gasteiger partial charge >= 0.3 is 12.3 Å². The maximum absolute atomic E-state index is 13.2. The van der Waals surface area contributed by atoms with Crippen LogP contribution in [0.5, 0.6) is 0 Å². The molecule has 2 aliphatic rings. The van der Waals surface area contributed by atoms with E-state index >= 15 is 0 Å². The van der Waals surface area contributed by atoms with Crippen LogP contribution in [0.25, 0.3) is 0 Å². The maximum atomic E-state index is 13.2. The number of aliphatic hydroxyl groups is 1. The number of hydrogen-bond donors (Lipinski definition) is 1. The second-order valence-electron chi connectivity index (χ2n) is 8.78. The van der Waals surface area contributed by atoms with Crippen molar-refractivity contribution in [1.82, 2.24) is 9.97 Å². The number of anilines is 1. The van der Waals surface area contributed by atoms with Crippen molar-refractivity contribution in [3.05, 3.63) is 18.0 Å². The van der Waals surface area contributed by atoms with Crippen LogP contribution in [0, 0.1) is 0 Å². The first-order valence-corrected chi connectivity index (χ1v) is 9.72. The lowest BCUT2D eigenvalue weighted by molar-refractivity contribution is -0.157. The van der Waals surface area contributed by atoms with Crippen molar-refractivity contribution in [2.45, 2.75) is 76.5 Å². The van der Waals surface area contributed by atoms with Gasteiger partial charge in [0, 0.05) is 6.20 Å². The largest absolute Gasteiger partial charge is 0.443 e. The molecule has 3 rings (SSSR count). The van der Waals surface area contributed by atoms with E-state index in [4.69, 9.17) is 18.9 Å². The lowest BCUT2D eigenvalue weighted by atomic mass is 9.97. The molecule has 9 nitrogen and oxygen atoms in total. The van der Waals surface area contributed by atoms with Gasteiger partial charge in [0.15, 0.2) is 5.79 Å². The number of amides is 1. The highest BCUT2D eigenvalue weighted by Crippen LogP contribution is 2.38. The van der Waals surface area contributed by atoms with Gasteiger partial charge in [-0.25, -0.2) is 19.7 Å². The number of nitrogens with zero attached hydrogens (tertiary/aromatic N) is 3. The molecule has 3 heterocycles. The van der Waals surface area contributed by atoms with Crippen LogP contribution in [-0.2, 0) is 25.1 Å². The summed E-state index contributed by atoms with van der Waals surface area (Å²) in [7, 11) is 0. The summed E-state index contributed by atoms with van der Waals surface area (Å²) >= 11 is 0. The Morgan fingerprint density at radius 2 is 1.94 bits per heavy atom. The van der Waals surface area contributed by atoms with Gasteiger partial charge in [-0.05, 0) is 40.7 Å². The zero-order valence-electron chi connectivity index (χ0n) is 17.8. The fraction of sp³-hybridized carbons (Fsp3) is 0.737. The number of halogens is 3. The highest BCUT2D eigenvalue weighted by Gasteiger charge is 2.55. The minimum atomic E-state index is -4.74. The SMILES string of the molecule is CC(C)(C)OC(=O)N(c1nccc(C(F)(F)F)n1)[C@H]1CO[C@H](CO)[C@@H]2OC(C)(C)O[C@@H]21. The molecule has 31 heavy (non-hydrogen) atoms. The third-order valence-corrected chi connectivity index (χ3v) is 4.64. The van der Waals surface area contributed by atoms with Gasteiger partial charge in [0.25, 0.3) is 0 Å². The van der Waals surface area contributed by atoms with Crippen LogP contribution in [0.15, 0.2) is 12.3 Å². The number of aromatic nitrogens is 2. The van der Waals surface area contributed by atoms with E-state index in [-0.39, 0.29) is 13.2 Å². The fourth-order valence-corrected chi connectivity index (χ4v) is 3.49. The summed E-state index contributed by atoms with van der Waals surface area (Å²) in [5.74, 6) is -1.57. The first kappa shape index (κ1) is 23.6. The van der Waals surface area contributed by atoms with Crippen molar-refractivity contribution in [2.24, 2.45) is 0 Å². The number of hydrogen-bond acceptors (Lipinski definition) is 8. The van der Waals surface area contributed by atoms with E-state index in [1.54, 1.807) is 34.6 Å². The van der Waals surface area contributed by atoms with Crippen LogP contribution in [0.4, 0.5) is 23.9 Å². The first-order valence-electron chi connectivity index (χ1n) is 9.72. The Labute approximate surface area is 177 Å². The summed E-state index contributed by atoms with van der Waals surface area (Å²) in [5, 5.41) is 9.62. The zero-order valence-corrected chi connectivity index (χ0v) is 17.8. The molecule has 0 bridgehead atoms. The van der Waals surface area contributed by atoms with Gasteiger partial charge in [-0.2, -0.15) is 13.2 Å². The molecule has 174 valence electrons. The molecular weight excluding hydrogens is 423 g/mol. The molecule has 0 radical (unpaired) electrons. The molecule has 2 fully saturated rings. The van der Waals surface area contributed by atoms with Gasteiger partial charge in [-0.3, -0.25) is 0 Å². The van der Waals surface area contributed by atoms with Crippen molar-refractivity contribution >= 4 is 12.0 Å². The van der Waals surface area contributed by atoms with Gasteiger partial charge in [-0.15, -0.1) is 0 Å². The summed E-state index contributed by atoms with van der Waals surface area (Å²) in [4.78, 5) is 21.4. The molecule has 1 N–H and O–H groups in total. The van der Waals surface area contributed by atoms with E-state index in [2.05, 4.69) is 9.97 Å². The minimum Gasteiger partial charge on any atom is -0.443 e. The quantitative estimate of drug-likeness (QED) is 0.751. The molecule has 0 unspecified atom stereocenters. The fourth-order valence-electron chi connectivity index (χ4n) is 3.49. The van der Waals surface area contributed by atoms with Gasteiger partial charge in [0.1, 0.15) is 29.6 Å². The maximum Gasteiger partial charge on any atom is 0.433 e. The Hall–Kier alpha value is -2.02. The molecule has 1 aromatic heterocycles. The number of ether oxygens (including phenoxy) is 4. The topological polar surface area (TPSA) is 103 Å². The molecule has 12 heteroatoms. The Kier molecular flexibility index (Phi) is 6.22. The second kappa shape index (κ2) is 8.15. The summed E-state index contributed by atoms with van der Waals surface area (Å²) in [6.07, 6.45) is -7.11. The van der Waals surface area contributed by atoms with Gasteiger partial charge in [0.2, 0.25) is 5.95 Å². The molecule has 0 aliphatic carbocycles. The van der Waals surface area contributed by atoms with Crippen LogP contribution in [0.2, 0.25) is 0 Å². The van der Waals surface area contributed by atoms with E-state index in [1.165, 1.54) is 0 Å². The number of rotatable bonds is 3. The van der Waals surface area contributed by atoms with Crippen LogP contribution in [0.3, 0.4) is 0 Å². The molecule has 1 amide bonds. The normalized spacial score (nSPS) is 28.2. The number of carbonyl (C=O) groups excluding carboxylic acids is 1. The first-order chi connectivity index (χ1) is 14.2. The van der Waals surface area contributed by atoms with E-state index in [0.29, 0.717) is 6.07 Å². The molecule has 0 aromatic carbocycles. The van der Waals surface area contributed by atoms with Crippen LogP contribution in [0.1, 0.15) is 40.3 Å². The third-order valence-electron chi connectivity index (χ3n) is 4.64. The average Bonchev–Trinajstić information content (AvgIpc) is 2.95. The number of carbonyl (C=O) groups is 1. The average molecular weight is 449 g/mol. The highest BCUT2D eigenvalue weighted by molar-refractivity contribution is 5.86. The summed E-state index contributed by atoms with van der Waals surface area (Å²) in [5.41, 5.74) is -2.15. The Bertz CT molecular complexity index is 814. The Balaban J connectivity index is 2.04. The second-order valence-corrected chi connectivity index (χ2v) is 8.78. The zero-order chi connectivity index (χ0) is 23.2. The van der Waals surface area contributed by atoms with Crippen LogP contribution < -0.4 is 4.90 Å². The molecule has 0 spiro atoms. The van der Waals surface area contributed by atoms with Crippen molar-refractivity contribution < 1.29 is 42.0 Å². The Morgan fingerprint density at radius 3 is 2.52 bits per heavy atom. The number of fused-ring (bicyclic) bond motifs is 1. The van der Waals surface area contributed by atoms with Crippen LogP contribution in [-0.4, -0.2) is 70.1 Å². The van der Waals surface area contributed by atoms with Gasteiger partial charge in [0.05, 0.1) is 19.3 Å². The van der Waals surface area contributed by atoms with Gasteiger partial charge in [-0.1, -0.05) is 0 Å². The lowest BCUT2D eigenvalue weighted by Crippen LogP contribution is -2.61.